The summed E-state index contributed by atoms with van der Waals surface area (Å²) in [6.45, 7) is 8.00. The van der Waals surface area contributed by atoms with Gasteiger partial charge in [0, 0.05) is 0 Å². The van der Waals surface area contributed by atoms with E-state index in [9.17, 15) is 29.8 Å². The van der Waals surface area contributed by atoms with Gasteiger partial charge < -0.3 is 24.8 Å². The summed E-state index contributed by atoms with van der Waals surface area (Å²) in [5.41, 5.74) is 6.68. The van der Waals surface area contributed by atoms with Gasteiger partial charge in [0.25, 0.3) is 0 Å². The van der Waals surface area contributed by atoms with E-state index in [1.54, 1.807) is 12.1 Å². The molecule has 3 aliphatic rings. The number of benzene rings is 2. The normalized spacial score (nSPS) is 24.0. The van der Waals surface area contributed by atoms with Gasteiger partial charge in [0.15, 0.2) is 0 Å². The fourth-order valence-electron chi connectivity index (χ4n) is 7.36. The first-order valence-electron chi connectivity index (χ1n) is 15.4. The Kier molecular flexibility index (Phi) is 9.32. The highest BCUT2D eigenvalue weighted by Gasteiger charge is 2.57. The molecule has 2 heterocycles. The van der Waals surface area contributed by atoms with Crippen molar-refractivity contribution in [3.05, 3.63) is 69.8 Å². The topological polar surface area (TPSA) is 128 Å². The fraction of sp³-hybridized carbons (Fsp3) is 0.455. The average molecular weight is 585 g/mol. The number of carbonyl (C=O) groups is 2. The van der Waals surface area contributed by atoms with Crippen molar-refractivity contribution < 1.29 is 34.4 Å². The lowest BCUT2D eigenvalue weighted by Gasteiger charge is -2.43. The van der Waals surface area contributed by atoms with Crippen molar-refractivity contribution in [3.63, 3.8) is 0 Å². The quantitative estimate of drug-likeness (QED) is 0.199. The first kappa shape index (κ1) is 31.3. The summed E-state index contributed by atoms with van der Waals surface area (Å²) in [5.74, 6) is -1.70. The number of rotatable bonds is 9. The number of aryl methyl sites for hydroxylation is 2. The lowest BCUT2D eigenvalue weighted by atomic mass is 9.58. The number of phenols is 1. The molecule has 0 radical (unpaired) electrons. The van der Waals surface area contributed by atoms with E-state index in [0.29, 0.717) is 24.3 Å². The summed E-state index contributed by atoms with van der Waals surface area (Å²) in [7, 11) is -2.75. The predicted octanol–water partition coefficient (Wildman–Crippen LogP) is 4.06. The van der Waals surface area contributed by atoms with Crippen LogP contribution < -0.4 is 10.4 Å². The summed E-state index contributed by atoms with van der Waals surface area (Å²) in [6.07, 6.45) is 6.44. The molecule has 2 amide bonds. The number of allylic oxidation sites excluding steroid dienone is 2. The maximum atomic E-state index is 14.0. The Morgan fingerprint density at radius 1 is 1.09 bits per heavy atom. The van der Waals surface area contributed by atoms with Gasteiger partial charge in [-0.05, 0) is 110 Å². The van der Waals surface area contributed by atoms with Crippen LogP contribution in [0, 0.1) is 31.6 Å². The van der Waals surface area contributed by atoms with Crippen LogP contribution in [0.2, 0.25) is 6.32 Å². The number of fused-ring (bicyclic) bond motifs is 3. The molecular weight excluding hydrogens is 544 g/mol. The van der Waals surface area contributed by atoms with Crippen LogP contribution in [-0.2, 0) is 14.2 Å². The molecule has 226 valence electrons. The Morgan fingerprint density at radius 2 is 1.81 bits per heavy atom. The molecular formula is C33H41B2NO7. The van der Waals surface area contributed by atoms with Crippen LogP contribution in [-0.4, -0.2) is 52.3 Å². The minimum Gasteiger partial charge on any atom is -0.507 e. The molecule has 43 heavy (non-hydrogen) atoms. The molecule has 10 heteroatoms. The van der Waals surface area contributed by atoms with Gasteiger partial charge in [-0.2, -0.15) is 0 Å². The zero-order valence-electron chi connectivity index (χ0n) is 25.4. The van der Waals surface area contributed by atoms with Crippen LogP contribution in [0.5, 0.6) is 5.75 Å². The summed E-state index contributed by atoms with van der Waals surface area (Å²) in [4.78, 5) is 28.9. The fourth-order valence-corrected chi connectivity index (χ4v) is 7.36. The smallest absolute Gasteiger partial charge is 0.488 e. The zero-order chi connectivity index (χ0) is 31.0. The van der Waals surface area contributed by atoms with Crippen LogP contribution >= 0.6 is 0 Å². The second kappa shape index (κ2) is 12.8. The van der Waals surface area contributed by atoms with E-state index >= 15 is 0 Å². The van der Waals surface area contributed by atoms with E-state index in [1.807, 2.05) is 26.0 Å². The molecule has 5 rings (SSSR count). The van der Waals surface area contributed by atoms with Gasteiger partial charge in [-0.25, -0.2) is 0 Å². The number of hydrogen-bond acceptors (Lipinski definition) is 7. The molecule has 2 fully saturated rings. The number of aromatic hydroxyl groups is 1. The summed E-state index contributed by atoms with van der Waals surface area (Å²) >= 11 is 0. The summed E-state index contributed by atoms with van der Waals surface area (Å²) < 4.78 is 6.17. The lowest BCUT2D eigenvalue weighted by Crippen LogP contribution is -2.46. The summed E-state index contributed by atoms with van der Waals surface area (Å²) in [6, 6.07) is 10.2. The molecule has 0 unspecified atom stereocenters. The van der Waals surface area contributed by atoms with Crippen molar-refractivity contribution in [3.8, 4) is 5.75 Å². The van der Waals surface area contributed by atoms with Gasteiger partial charge in [-0.15, -0.1) is 0 Å². The molecule has 0 aromatic heterocycles. The van der Waals surface area contributed by atoms with Crippen molar-refractivity contribution in [2.75, 3.05) is 4.90 Å². The van der Waals surface area contributed by atoms with Gasteiger partial charge in [0.1, 0.15) is 5.75 Å². The van der Waals surface area contributed by atoms with Gasteiger partial charge in [-0.1, -0.05) is 49.6 Å². The molecule has 2 saturated heterocycles. The van der Waals surface area contributed by atoms with E-state index < -0.39 is 26.1 Å². The second-order valence-electron chi connectivity index (χ2n) is 12.2. The number of hydrogen-bond donors (Lipinski definition) is 4. The highest BCUT2D eigenvalue weighted by molar-refractivity contribution is 6.58. The molecule has 2 aromatic carbocycles. The van der Waals surface area contributed by atoms with Crippen molar-refractivity contribution in [1.29, 1.82) is 0 Å². The van der Waals surface area contributed by atoms with Crippen LogP contribution in [0.4, 0.5) is 5.69 Å². The van der Waals surface area contributed by atoms with Gasteiger partial charge in [-0.3, -0.25) is 14.5 Å². The third-order valence-corrected chi connectivity index (χ3v) is 9.35. The van der Waals surface area contributed by atoms with Crippen LogP contribution in [0.1, 0.15) is 69.1 Å². The largest absolute Gasteiger partial charge is 0.507 e. The lowest BCUT2D eigenvalue weighted by molar-refractivity contribution is -0.122. The van der Waals surface area contributed by atoms with Crippen molar-refractivity contribution in [1.82, 2.24) is 0 Å². The summed E-state index contributed by atoms with van der Waals surface area (Å²) in [5, 5.41) is 40.4. The molecule has 2 aromatic rings. The Morgan fingerprint density at radius 3 is 2.47 bits per heavy atom. The molecule has 0 bridgehead atoms. The first-order valence-corrected chi connectivity index (χ1v) is 15.4. The molecule has 2 aliphatic heterocycles. The third-order valence-electron chi connectivity index (χ3n) is 9.35. The highest BCUT2D eigenvalue weighted by atomic mass is 16.5. The minimum absolute atomic E-state index is 0.206. The van der Waals surface area contributed by atoms with E-state index in [0.717, 1.165) is 53.5 Å². The second-order valence-corrected chi connectivity index (χ2v) is 12.2. The van der Waals surface area contributed by atoms with Crippen molar-refractivity contribution >= 4 is 43.3 Å². The van der Waals surface area contributed by atoms with Gasteiger partial charge in [0.05, 0.1) is 23.6 Å². The molecule has 4 atom stereocenters. The third kappa shape index (κ3) is 6.11. The monoisotopic (exact) mass is 585 g/mol. The molecule has 4 N–H and O–H groups in total. The first-order chi connectivity index (χ1) is 20.5. The maximum absolute atomic E-state index is 14.0. The van der Waals surface area contributed by atoms with Gasteiger partial charge >= 0.3 is 14.2 Å². The molecule has 1 aliphatic carbocycles. The Balaban J connectivity index is 1.44. The van der Waals surface area contributed by atoms with Crippen molar-refractivity contribution in [2.45, 2.75) is 78.6 Å². The standard InChI is InChI=1S/C33H41B2NO7/c1-5-8-23-16-26-30(33(39)36(32(26)38)25-10-7-9-24(17-25)35(41)42)27-18-34(40)43-28(29(23)27)12-11-21(6-2)15-22-13-19(3)31(37)20(4)14-22/h7,9-10,13-15,17,26-28,30,37,40-42H,5-6,8,11-12,16,18H2,1-4H3/b21-15+/t26-,27+,28-,30-/m1/s1. The zero-order valence-corrected chi connectivity index (χ0v) is 25.4. The number of carbonyl (C=O) groups excluding carboxylic acids is 2. The van der Waals surface area contributed by atoms with Crippen LogP contribution in [0.25, 0.3) is 6.08 Å². The van der Waals surface area contributed by atoms with Gasteiger partial charge in [0.2, 0.25) is 11.8 Å². The number of nitrogens with zero attached hydrogens (tertiary/aromatic N) is 1. The number of imide groups is 1. The number of phenolic OH excluding ortho intramolecular Hbond substituents is 1. The number of amides is 2. The van der Waals surface area contributed by atoms with E-state index in [1.165, 1.54) is 22.6 Å². The van der Waals surface area contributed by atoms with E-state index in [4.69, 9.17) is 4.65 Å². The van der Waals surface area contributed by atoms with E-state index in [2.05, 4.69) is 19.9 Å². The SMILES string of the molecule is CCCC1=C2[C@@H](CC/C(=C/c3cc(C)c(O)c(C)c3)CC)OB(O)C[C@@H]2[C@@H]2C(=O)N(c3cccc(B(O)O)c3)C(=O)[C@@H]2C1. The maximum Gasteiger partial charge on any atom is 0.488 e. The Hall–Kier alpha value is -3.17. The highest BCUT2D eigenvalue weighted by Crippen LogP contribution is 2.52. The molecule has 8 nitrogen and oxygen atoms in total. The Bertz CT molecular complexity index is 1450. The van der Waals surface area contributed by atoms with Crippen molar-refractivity contribution in [2.24, 2.45) is 17.8 Å². The minimum atomic E-state index is -1.71. The van der Waals surface area contributed by atoms with Crippen LogP contribution in [0.3, 0.4) is 0 Å². The average Bonchev–Trinajstić information content (AvgIpc) is 3.22. The van der Waals surface area contributed by atoms with E-state index in [-0.39, 0.29) is 35.6 Å². The molecule has 0 saturated carbocycles. The molecule has 0 spiro atoms. The Labute approximate surface area is 254 Å². The predicted molar refractivity (Wildman–Crippen MR) is 169 cm³/mol. The number of anilines is 1. The van der Waals surface area contributed by atoms with Crippen LogP contribution in [0.15, 0.2) is 53.1 Å².